The Morgan fingerprint density at radius 1 is 1.33 bits per heavy atom. The average molecular weight is 214 g/mol. The van der Waals surface area contributed by atoms with E-state index in [0.717, 1.165) is 13.1 Å². The van der Waals surface area contributed by atoms with Crippen molar-refractivity contribution in [3.8, 4) is 0 Å². The van der Waals surface area contributed by atoms with Crippen LogP contribution in [0.2, 0.25) is 0 Å². The Morgan fingerprint density at radius 2 is 1.93 bits per heavy atom. The first-order valence-corrected chi connectivity index (χ1v) is 6.00. The number of rotatable bonds is 7. The summed E-state index contributed by atoms with van der Waals surface area (Å²) in [5, 5.41) is 3.40. The van der Waals surface area contributed by atoms with Gasteiger partial charge in [0.15, 0.2) is 0 Å². The molecule has 0 radical (unpaired) electrons. The standard InChI is InChI=1S/C12H26N2O/c1-6-10(3)11(4)13-9-8-12(15)14(5)7-2/h10-11,13H,6-9H2,1-5H3/t10-,11-/m1/s1. The van der Waals surface area contributed by atoms with Crippen LogP contribution in [-0.4, -0.2) is 37.0 Å². The molecule has 1 amide bonds. The smallest absolute Gasteiger partial charge is 0.223 e. The number of nitrogens with zero attached hydrogens (tertiary/aromatic N) is 1. The van der Waals surface area contributed by atoms with Gasteiger partial charge in [0, 0.05) is 32.6 Å². The molecular formula is C12H26N2O. The molecule has 15 heavy (non-hydrogen) atoms. The first kappa shape index (κ1) is 14.4. The lowest BCUT2D eigenvalue weighted by Crippen LogP contribution is -2.35. The van der Waals surface area contributed by atoms with Crippen LogP contribution >= 0.6 is 0 Å². The molecule has 0 spiro atoms. The molecule has 0 aromatic rings. The summed E-state index contributed by atoms with van der Waals surface area (Å²) in [6.45, 7) is 10.2. The predicted octanol–water partition coefficient (Wildman–Crippen LogP) is 1.88. The third-order valence-corrected chi connectivity index (χ3v) is 3.20. The Balaban J connectivity index is 3.65. The Morgan fingerprint density at radius 3 is 2.40 bits per heavy atom. The Labute approximate surface area is 94.2 Å². The molecule has 3 nitrogen and oxygen atoms in total. The van der Waals surface area contributed by atoms with Crippen molar-refractivity contribution in [1.29, 1.82) is 0 Å². The Bertz CT molecular complexity index is 182. The lowest BCUT2D eigenvalue weighted by atomic mass is 10.0. The third kappa shape index (κ3) is 5.78. The number of carbonyl (C=O) groups excluding carboxylic acids is 1. The molecule has 0 aliphatic rings. The quantitative estimate of drug-likeness (QED) is 0.702. The number of hydrogen-bond acceptors (Lipinski definition) is 2. The van der Waals surface area contributed by atoms with Gasteiger partial charge in [0.25, 0.3) is 0 Å². The molecule has 0 unspecified atom stereocenters. The van der Waals surface area contributed by atoms with Gasteiger partial charge in [0.1, 0.15) is 0 Å². The number of hydrogen-bond donors (Lipinski definition) is 1. The minimum Gasteiger partial charge on any atom is -0.346 e. The summed E-state index contributed by atoms with van der Waals surface area (Å²) in [7, 11) is 1.85. The van der Waals surface area contributed by atoms with E-state index in [0.29, 0.717) is 18.4 Å². The fourth-order valence-corrected chi connectivity index (χ4v) is 1.33. The summed E-state index contributed by atoms with van der Waals surface area (Å²) in [4.78, 5) is 13.2. The maximum Gasteiger partial charge on any atom is 0.223 e. The molecule has 0 aromatic carbocycles. The van der Waals surface area contributed by atoms with Gasteiger partial charge in [-0.3, -0.25) is 4.79 Å². The molecule has 1 N–H and O–H groups in total. The van der Waals surface area contributed by atoms with Crippen LogP contribution in [0.1, 0.15) is 40.5 Å². The van der Waals surface area contributed by atoms with Crippen molar-refractivity contribution < 1.29 is 4.79 Å². The van der Waals surface area contributed by atoms with E-state index < -0.39 is 0 Å². The molecule has 0 saturated carbocycles. The van der Waals surface area contributed by atoms with Crippen molar-refractivity contribution in [1.82, 2.24) is 10.2 Å². The monoisotopic (exact) mass is 214 g/mol. The summed E-state index contributed by atoms with van der Waals surface area (Å²) in [5.74, 6) is 0.894. The summed E-state index contributed by atoms with van der Waals surface area (Å²) in [5.41, 5.74) is 0. The predicted molar refractivity (Wildman–Crippen MR) is 64.8 cm³/mol. The second-order valence-electron chi connectivity index (χ2n) is 4.29. The van der Waals surface area contributed by atoms with E-state index in [-0.39, 0.29) is 5.91 Å². The van der Waals surface area contributed by atoms with Gasteiger partial charge in [0.05, 0.1) is 0 Å². The second-order valence-corrected chi connectivity index (χ2v) is 4.29. The summed E-state index contributed by atoms with van der Waals surface area (Å²) >= 11 is 0. The molecule has 0 aliphatic heterocycles. The molecule has 90 valence electrons. The zero-order valence-corrected chi connectivity index (χ0v) is 10.8. The Hall–Kier alpha value is -0.570. The second kappa shape index (κ2) is 7.69. The van der Waals surface area contributed by atoms with Gasteiger partial charge in [-0.25, -0.2) is 0 Å². The SMILES string of the molecule is CC[C@@H](C)[C@@H](C)NCCC(=O)N(C)CC. The molecule has 0 saturated heterocycles. The highest BCUT2D eigenvalue weighted by Gasteiger charge is 2.10. The molecule has 0 rings (SSSR count). The van der Waals surface area contributed by atoms with Crippen LogP contribution < -0.4 is 5.32 Å². The van der Waals surface area contributed by atoms with Gasteiger partial charge in [-0.05, 0) is 19.8 Å². The van der Waals surface area contributed by atoms with Crippen LogP contribution in [0.4, 0.5) is 0 Å². The highest BCUT2D eigenvalue weighted by atomic mass is 16.2. The Kier molecular flexibility index (Phi) is 7.39. The van der Waals surface area contributed by atoms with Gasteiger partial charge >= 0.3 is 0 Å². The molecule has 0 fully saturated rings. The summed E-state index contributed by atoms with van der Waals surface area (Å²) in [6.07, 6.45) is 1.78. The van der Waals surface area contributed by atoms with Gasteiger partial charge in [-0.1, -0.05) is 20.3 Å². The minimum atomic E-state index is 0.223. The fraction of sp³-hybridized carbons (Fsp3) is 0.917. The number of carbonyl (C=O) groups is 1. The number of amides is 1. The minimum absolute atomic E-state index is 0.223. The van der Waals surface area contributed by atoms with Gasteiger partial charge in [-0.2, -0.15) is 0 Å². The van der Waals surface area contributed by atoms with E-state index in [1.807, 2.05) is 14.0 Å². The molecule has 0 heterocycles. The molecular weight excluding hydrogens is 188 g/mol. The highest BCUT2D eigenvalue weighted by Crippen LogP contribution is 2.06. The summed E-state index contributed by atoms with van der Waals surface area (Å²) in [6, 6.07) is 0.495. The van der Waals surface area contributed by atoms with Crippen LogP contribution in [0, 0.1) is 5.92 Å². The van der Waals surface area contributed by atoms with Gasteiger partial charge in [0.2, 0.25) is 5.91 Å². The normalized spacial score (nSPS) is 14.7. The van der Waals surface area contributed by atoms with E-state index in [2.05, 4.69) is 26.1 Å². The molecule has 0 aliphatic carbocycles. The first-order chi connectivity index (χ1) is 7.02. The van der Waals surface area contributed by atoms with E-state index in [4.69, 9.17) is 0 Å². The molecule has 2 atom stereocenters. The van der Waals surface area contributed by atoms with E-state index in [9.17, 15) is 4.79 Å². The molecule has 0 bridgehead atoms. The summed E-state index contributed by atoms with van der Waals surface area (Å²) < 4.78 is 0. The molecule has 3 heteroatoms. The topological polar surface area (TPSA) is 32.3 Å². The van der Waals surface area contributed by atoms with E-state index in [1.165, 1.54) is 6.42 Å². The van der Waals surface area contributed by atoms with Crippen molar-refractivity contribution >= 4 is 5.91 Å². The third-order valence-electron chi connectivity index (χ3n) is 3.20. The lowest BCUT2D eigenvalue weighted by Gasteiger charge is -2.20. The maximum absolute atomic E-state index is 11.5. The van der Waals surface area contributed by atoms with Crippen LogP contribution in [0.3, 0.4) is 0 Å². The van der Waals surface area contributed by atoms with Gasteiger partial charge in [-0.15, -0.1) is 0 Å². The first-order valence-electron chi connectivity index (χ1n) is 6.00. The molecule has 0 aromatic heterocycles. The number of nitrogens with one attached hydrogen (secondary N) is 1. The maximum atomic E-state index is 11.5. The zero-order chi connectivity index (χ0) is 11.8. The zero-order valence-electron chi connectivity index (χ0n) is 10.8. The van der Waals surface area contributed by atoms with Crippen LogP contribution in [0.25, 0.3) is 0 Å². The van der Waals surface area contributed by atoms with E-state index in [1.54, 1.807) is 4.90 Å². The highest BCUT2D eigenvalue weighted by molar-refractivity contribution is 5.75. The average Bonchev–Trinajstić information content (AvgIpc) is 2.26. The van der Waals surface area contributed by atoms with Crippen molar-refractivity contribution in [2.45, 2.75) is 46.6 Å². The van der Waals surface area contributed by atoms with Crippen LogP contribution in [0.5, 0.6) is 0 Å². The van der Waals surface area contributed by atoms with Crippen molar-refractivity contribution in [3.63, 3.8) is 0 Å². The van der Waals surface area contributed by atoms with Crippen molar-refractivity contribution in [2.24, 2.45) is 5.92 Å². The van der Waals surface area contributed by atoms with E-state index >= 15 is 0 Å². The van der Waals surface area contributed by atoms with Crippen molar-refractivity contribution in [2.75, 3.05) is 20.1 Å². The van der Waals surface area contributed by atoms with Crippen molar-refractivity contribution in [3.05, 3.63) is 0 Å². The van der Waals surface area contributed by atoms with Crippen LogP contribution in [0.15, 0.2) is 0 Å². The lowest BCUT2D eigenvalue weighted by molar-refractivity contribution is -0.129. The van der Waals surface area contributed by atoms with Gasteiger partial charge < -0.3 is 10.2 Å². The fourth-order valence-electron chi connectivity index (χ4n) is 1.33. The van der Waals surface area contributed by atoms with Crippen LogP contribution in [-0.2, 0) is 4.79 Å². The largest absolute Gasteiger partial charge is 0.346 e.